The number of ether oxygens (including phenoxy) is 1. The minimum Gasteiger partial charge on any atom is -0.598 e. The van der Waals surface area contributed by atoms with E-state index in [9.17, 15) is 4.55 Å². The predicted octanol–water partition coefficient (Wildman–Crippen LogP) is 2.87. The van der Waals surface area contributed by atoms with Gasteiger partial charge in [-0.1, -0.05) is 12.1 Å². The molecule has 0 heterocycles. The fourth-order valence-corrected chi connectivity index (χ4v) is 1.91. The van der Waals surface area contributed by atoms with E-state index in [0.29, 0.717) is 0 Å². The molecule has 0 amide bonds. The maximum atomic E-state index is 11.3. The van der Waals surface area contributed by atoms with Crippen LogP contribution < -0.4 is 9.88 Å². The maximum Gasteiger partial charge on any atom is 0.157 e. The highest BCUT2D eigenvalue weighted by Crippen LogP contribution is 2.26. The number of rotatable bonds is 4. The van der Waals surface area contributed by atoms with Crippen LogP contribution in [0.5, 0.6) is 5.75 Å². The highest BCUT2D eigenvalue weighted by atomic mass is 79.9. The molecule has 0 aliphatic carbocycles. The van der Waals surface area contributed by atoms with Gasteiger partial charge in [-0.3, -0.25) is 0 Å². The van der Waals surface area contributed by atoms with Crippen molar-refractivity contribution < 1.29 is 9.29 Å². The first-order valence-corrected chi connectivity index (χ1v) is 7.06. The van der Waals surface area contributed by atoms with E-state index in [-0.39, 0.29) is 0 Å². The Kier molecular flexibility index (Phi) is 5.06. The van der Waals surface area contributed by atoms with Crippen LogP contribution in [0.4, 0.5) is 0 Å². The van der Waals surface area contributed by atoms with Gasteiger partial charge in [-0.2, -0.15) is 5.14 Å². The number of benzene rings is 1. The van der Waals surface area contributed by atoms with Crippen LogP contribution in [0.2, 0.25) is 0 Å². The predicted molar refractivity (Wildman–Crippen MR) is 76.1 cm³/mol. The fraction of sp³-hybridized carbons (Fsp3) is 0.333. The maximum absolute atomic E-state index is 11.3. The Morgan fingerprint density at radius 1 is 1.47 bits per heavy atom. The summed E-state index contributed by atoms with van der Waals surface area (Å²) in [5, 5.41) is 5.40. The van der Waals surface area contributed by atoms with Gasteiger partial charge in [0.25, 0.3) is 0 Å². The Labute approximate surface area is 113 Å². The molecule has 1 aromatic carbocycles. The molecular weight excluding hydrogens is 302 g/mol. The Morgan fingerprint density at radius 2 is 2.12 bits per heavy atom. The standard InChI is InChI=1S/C12H16BrNO2S/c1-12(2,17(14)15)7-6-9-4-5-11(16-3)10(13)8-9/h4-8H,14H2,1-3H3. The van der Waals surface area contributed by atoms with Gasteiger partial charge in [0.2, 0.25) is 0 Å². The first-order valence-electron chi connectivity index (χ1n) is 5.06. The molecule has 94 valence electrons. The summed E-state index contributed by atoms with van der Waals surface area (Å²) < 4.78 is 16.8. The minimum atomic E-state index is -1.38. The Balaban J connectivity index is 2.89. The molecule has 3 nitrogen and oxygen atoms in total. The van der Waals surface area contributed by atoms with Gasteiger partial charge in [0.05, 0.1) is 11.6 Å². The van der Waals surface area contributed by atoms with E-state index in [1.165, 1.54) is 0 Å². The van der Waals surface area contributed by atoms with Crippen molar-refractivity contribution in [3.63, 3.8) is 0 Å². The lowest BCUT2D eigenvalue weighted by Gasteiger charge is -2.20. The van der Waals surface area contributed by atoms with Crippen molar-refractivity contribution in [2.45, 2.75) is 18.6 Å². The zero-order chi connectivity index (χ0) is 13.1. The van der Waals surface area contributed by atoms with Crippen molar-refractivity contribution >= 4 is 33.4 Å². The molecule has 2 N–H and O–H groups in total. The number of hydrogen-bond donors (Lipinski definition) is 1. The summed E-state index contributed by atoms with van der Waals surface area (Å²) in [6.07, 6.45) is 3.74. The van der Waals surface area contributed by atoms with Gasteiger partial charge in [-0.15, -0.1) is 0 Å². The average molecular weight is 318 g/mol. The Morgan fingerprint density at radius 3 is 2.59 bits per heavy atom. The molecule has 0 saturated heterocycles. The van der Waals surface area contributed by atoms with Crippen LogP contribution in [-0.4, -0.2) is 16.4 Å². The molecule has 5 heteroatoms. The first kappa shape index (κ1) is 14.6. The van der Waals surface area contributed by atoms with Crippen LogP contribution >= 0.6 is 15.9 Å². The molecule has 0 radical (unpaired) electrons. The van der Waals surface area contributed by atoms with E-state index in [2.05, 4.69) is 15.9 Å². The molecule has 0 aliphatic heterocycles. The smallest absolute Gasteiger partial charge is 0.157 e. The molecule has 1 atom stereocenters. The van der Waals surface area contributed by atoms with Crippen molar-refractivity contribution in [3.8, 4) is 5.75 Å². The van der Waals surface area contributed by atoms with Crippen molar-refractivity contribution in [1.82, 2.24) is 0 Å². The van der Waals surface area contributed by atoms with Crippen molar-refractivity contribution in [1.29, 1.82) is 0 Å². The number of hydrogen-bond acceptors (Lipinski definition) is 3. The zero-order valence-electron chi connectivity index (χ0n) is 10.1. The third-order valence-electron chi connectivity index (χ3n) is 2.37. The summed E-state index contributed by atoms with van der Waals surface area (Å²) in [4.78, 5) is 0. The molecule has 17 heavy (non-hydrogen) atoms. The van der Waals surface area contributed by atoms with Crippen LogP contribution in [0.1, 0.15) is 19.4 Å². The lowest BCUT2D eigenvalue weighted by Crippen LogP contribution is -2.35. The van der Waals surface area contributed by atoms with Gasteiger partial charge < -0.3 is 9.29 Å². The fourth-order valence-electron chi connectivity index (χ4n) is 1.15. The van der Waals surface area contributed by atoms with E-state index in [4.69, 9.17) is 9.88 Å². The highest BCUT2D eigenvalue weighted by molar-refractivity contribution is 9.10. The van der Waals surface area contributed by atoms with Gasteiger partial charge in [-0.05, 0) is 53.5 Å². The van der Waals surface area contributed by atoms with Gasteiger partial charge >= 0.3 is 0 Å². The summed E-state index contributed by atoms with van der Waals surface area (Å²) in [7, 11) is 1.62. The molecular formula is C12H16BrNO2S. The van der Waals surface area contributed by atoms with Gasteiger partial charge in [0.15, 0.2) is 4.75 Å². The van der Waals surface area contributed by atoms with Crippen LogP contribution in [0.25, 0.3) is 6.08 Å². The van der Waals surface area contributed by atoms with Crippen LogP contribution in [-0.2, 0) is 11.4 Å². The van der Waals surface area contributed by atoms with Crippen LogP contribution in [0.15, 0.2) is 28.7 Å². The topological polar surface area (TPSA) is 58.3 Å². The second-order valence-electron chi connectivity index (χ2n) is 4.13. The van der Waals surface area contributed by atoms with Crippen molar-refractivity contribution in [2.75, 3.05) is 7.11 Å². The summed E-state index contributed by atoms with van der Waals surface area (Å²) >= 11 is 2.03. The monoisotopic (exact) mass is 317 g/mol. The Bertz CT molecular complexity index is 419. The van der Waals surface area contributed by atoms with E-state index in [0.717, 1.165) is 15.8 Å². The molecule has 1 aromatic rings. The molecule has 1 rings (SSSR count). The van der Waals surface area contributed by atoms with Gasteiger partial charge in [0, 0.05) is 11.4 Å². The highest BCUT2D eigenvalue weighted by Gasteiger charge is 2.25. The largest absolute Gasteiger partial charge is 0.598 e. The van der Waals surface area contributed by atoms with E-state index >= 15 is 0 Å². The summed E-state index contributed by atoms with van der Waals surface area (Å²) in [5.41, 5.74) is 0.996. The molecule has 0 fully saturated rings. The molecule has 0 aromatic heterocycles. The molecule has 0 saturated carbocycles. The van der Waals surface area contributed by atoms with E-state index in [1.807, 2.05) is 44.2 Å². The molecule has 0 spiro atoms. The third kappa shape index (κ3) is 4.03. The van der Waals surface area contributed by atoms with E-state index < -0.39 is 16.1 Å². The van der Waals surface area contributed by atoms with Crippen LogP contribution in [0, 0.1) is 0 Å². The quantitative estimate of drug-likeness (QED) is 0.869. The van der Waals surface area contributed by atoms with Gasteiger partial charge in [0.1, 0.15) is 5.75 Å². The summed E-state index contributed by atoms with van der Waals surface area (Å²) in [6, 6.07) is 5.73. The number of nitrogens with two attached hydrogens (primary N) is 1. The molecule has 0 aliphatic rings. The number of methoxy groups -OCH3 is 1. The SMILES string of the molecule is COc1ccc(C=CC(C)(C)[S+](N)[O-])cc1Br. The normalized spacial score (nSPS) is 14.0. The van der Waals surface area contributed by atoms with Crippen molar-refractivity contribution in [2.24, 2.45) is 5.14 Å². The minimum absolute atomic E-state index is 0.535. The van der Waals surface area contributed by atoms with Crippen molar-refractivity contribution in [3.05, 3.63) is 34.3 Å². The molecule has 0 bridgehead atoms. The zero-order valence-corrected chi connectivity index (χ0v) is 12.5. The second kappa shape index (κ2) is 5.91. The van der Waals surface area contributed by atoms with E-state index in [1.54, 1.807) is 7.11 Å². The summed E-state index contributed by atoms with van der Waals surface area (Å²) in [5.74, 6) is 0.781. The molecule has 1 unspecified atom stereocenters. The summed E-state index contributed by atoms with van der Waals surface area (Å²) in [6.45, 7) is 3.66. The Hall–Kier alpha value is -0.490. The number of halogens is 1. The third-order valence-corrected chi connectivity index (χ3v) is 4.16. The average Bonchev–Trinajstić information content (AvgIpc) is 2.26. The second-order valence-corrected chi connectivity index (χ2v) is 6.63. The lowest BCUT2D eigenvalue weighted by molar-refractivity contribution is 0.412. The van der Waals surface area contributed by atoms with Crippen LogP contribution in [0.3, 0.4) is 0 Å². The van der Waals surface area contributed by atoms with Gasteiger partial charge in [-0.25, -0.2) is 0 Å². The first-order chi connectivity index (χ1) is 7.86. The lowest BCUT2D eigenvalue weighted by atomic mass is 10.1.